The highest BCUT2D eigenvalue weighted by atomic mass is 16.5. The number of methoxy groups -OCH3 is 2. The molecule has 54 heavy (non-hydrogen) atoms. The van der Waals surface area contributed by atoms with E-state index in [1.54, 1.807) is 39.5 Å². The number of quaternary nitrogens is 1. The third-order valence-corrected chi connectivity index (χ3v) is 9.78. The molecule has 1 fully saturated rings. The van der Waals surface area contributed by atoms with Gasteiger partial charge in [0.25, 0.3) is 5.91 Å². The van der Waals surface area contributed by atoms with Crippen LogP contribution in [-0.2, 0) is 9.59 Å². The van der Waals surface area contributed by atoms with Crippen LogP contribution in [-0.4, -0.2) is 71.4 Å². The molecule has 2 heterocycles. The minimum absolute atomic E-state index is 0.0992. The number of amides is 1. The lowest BCUT2D eigenvalue weighted by Gasteiger charge is -2.31. The van der Waals surface area contributed by atoms with E-state index in [2.05, 4.69) is 28.9 Å². The Morgan fingerprint density at radius 1 is 0.889 bits per heavy atom. The molecule has 1 amide bonds. The maximum absolute atomic E-state index is 12.3. The Balaban J connectivity index is 0.000000260. The summed E-state index contributed by atoms with van der Waals surface area (Å²) in [6, 6.07) is 22.7. The molecule has 0 spiro atoms. The lowest BCUT2D eigenvalue weighted by atomic mass is 9.81. The first-order valence-corrected chi connectivity index (χ1v) is 18.0. The van der Waals surface area contributed by atoms with Crippen LogP contribution in [0.5, 0.6) is 11.5 Å². The van der Waals surface area contributed by atoms with E-state index in [9.17, 15) is 14.4 Å². The van der Waals surface area contributed by atoms with Crippen molar-refractivity contribution in [1.82, 2.24) is 19.7 Å². The summed E-state index contributed by atoms with van der Waals surface area (Å²) < 4.78 is 12.4. The highest BCUT2D eigenvalue weighted by Gasteiger charge is 2.34. The standard InChI is InChI=1S/C28H34N4O4.C13H14N2O3/c1-19-25(18-32(31-19)23-12-14-24(36-2)15-13-23)27(20-6-4-3-5-7-20)30-22-10-8-21(9-11-22)28(35)29-17-16-26(33)34;1-9-12(13(16)17)8-15(2,14-9)10-4-6-11(18-3)7-5-10/h8-15,18,20,27,30H,3-7,16-17H2,1-2H3,(H,29,35)(H,33,34);4-8H,1-3H3/p+1. The molecule has 0 bridgehead atoms. The van der Waals surface area contributed by atoms with E-state index in [0.717, 1.165) is 47.1 Å². The van der Waals surface area contributed by atoms with Crippen LogP contribution in [0, 0.1) is 12.8 Å². The summed E-state index contributed by atoms with van der Waals surface area (Å²) in [7, 11) is 5.09. The lowest BCUT2D eigenvalue weighted by Crippen LogP contribution is -2.30. The van der Waals surface area contributed by atoms with Gasteiger partial charge in [-0.2, -0.15) is 5.10 Å². The maximum atomic E-state index is 12.3. The zero-order chi connectivity index (χ0) is 38.8. The van der Waals surface area contributed by atoms with Gasteiger partial charge in [0.15, 0.2) is 5.69 Å². The number of carboxylic acids is 2. The molecule has 1 aliphatic carbocycles. The number of hydrogen-bond acceptors (Lipinski definition) is 8. The van der Waals surface area contributed by atoms with Crippen LogP contribution in [0.25, 0.3) is 5.69 Å². The minimum atomic E-state index is -0.952. The molecule has 13 heteroatoms. The predicted octanol–water partition coefficient (Wildman–Crippen LogP) is 7.12. The van der Waals surface area contributed by atoms with E-state index < -0.39 is 11.9 Å². The Hall–Kier alpha value is -5.95. The molecule has 4 aromatic rings. The minimum Gasteiger partial charge on any atom is -0.497 e. The van der Waals surface area contributed by atoms with Crippen LogP contribution in [0.15, 0.2) is 95.9 Å². The van der Waals surface area contributed by atoms with Crippen LogP contribution in [0.3, 0.4) is 0 Å². The molecule has 284 valence electrons. The molecule has 13 nitrogen and oxygen atoms in total. The molecule has 6 rings (SSSR count). The highest BCUT2D eigenvalue weighted by Crippen LogP contribution is 2.38. The number of ether oxygens (including phenoxy) is 2. The monoisotopic (exact) mass is 737 g/mol. The second-order valence-electron chi connectivity index (χ2n) is 13.6. The number of rotatable bonds is 13. The molecule has 1 aliphatic heterocycles. The van der Waals surface area contributed by atoms with E-state index in [1.165, 1.54) is 24.8 Å². The number of hydrogen-bond donors (Lipinski definition) is 4. The Labute approximate surface area is 315 Å². The van der Waals surface area contributed by atoms with Gasteiger partial charge in [0.2, 0.25) is 0 Å². The summed E-state index contributed by atoms with van der Waals surface area (Å²) in [6.07, 6.45) is 9.70. The summed E-state index contributed by atoms with van der Waals surface area (Å²) in [5, 5.41) is 33.4. The van der Waals surface area contributed by atoms with E-state index in [0.29, 0.717) is 17.2 Å². The molecule has 1 saturated carbocycles. The SMILES string of the molecule is COc1ccc(-n2cc(C(Nc3ccc(C(=O)NCCC(=O)O)cc3)C3CCCCC3)c(C)n2)cc1.COc1ccc([N+]2(C)C=C(C(=O)O)C(C)=N2)cc1. The molecule has 2 unspecified atom stereocenters. The van der Waals surface area contributed by atoms with Crippen molar-refractivity contribution in [2.45, 2.75) is 58.4 Å². The number of carboxylic acid groups (broad SMARTS) is 2. The zero-order valence-electron chi connectivity index (χ0n) is 31.4. The molecule has 2 aliphatic rings. The molecular formula is C41H49N6O7+. The number of nitrogens with one attached hydrogen (secondary N) is 2. The number of carbonyl (C=O) groups is 3. The van der Waals surface area contributed by atoms with E-state index >= 15 is 0 Å². The van der Waals surface area contributed by atoms with Gasteiger partial charge in [-0.1, -0.05) is 24.4 Å². The fourth-order valence-electron chi connectivity index (χ4n) is 6.81. The first-order valence-electron chi connectivity index (χ1n) is 18.0. The molecule has 0 radical (unpaired) electrons. The number of aromatic nitrogens is 2. The first-order chi connectivity index (χ1) is 25.9. The molecule has 4 N–H and O–H groups in total. The average molecular weight is 738 g/mol. The van der Waals surface area contributed by atoms with Crippen molar-refractivity contribution < 1.29 is 34.1 Å². The fourth-order valence-corrected chi connectivity index (χ4v) is 6.81. The normalized spacial score (nSPS) is 17.3. The largest absolute Gasteiger partial charge is 0.497 e. The molecule has 2 atom stereocenters. The number of anilines is 1. The van der Waals surface area contributed by atoms with E-state index in [-0.39, 0.29) is 35.1 Å². The van der Waals surface area contributed by atoms with Gasteiger partial charge < -0.3 is 30.3 Å². The van der Waals surface area contributed by atoms with Crippen molar-refractivity contribution in [3.05, 3.63) is 108 Å². The summed E-state index contributed by atoms with van der Waals surface area (Å²) in [5.41, 5.74) is 6.23. The zero-order valence-corrected chi connectivity index (χ0v) is 31.4. The first kappa shape index (κ1) is 39.3. The average Bonchev–Trinajstić information content (AvgIpc) is 3.73. The van der Waals surface area contributed by atoms with Crippen LogP contribution in [0.1, 0.15) is 73.1 Å². The van der Waals surface area contributed by atoms with Gasteiger partial charge in [-0.25, -0.2) is 9.48 Å². The van der Waals surface area contributed by atoms with Crippen LogP contribution < -0.4 is 24.7 Å². The Morgan fingerprint density at radius 3 is 2.06 bits per heavy atom. The number of nitrogens with zero attached hydrogens (tertiary/aromatic N) is 4. The Bertz CT molecular complexity index is 1980. The number of benzene rings is 3. The van der Waals surface area contributed by atoms with Crippen molar-refractivity contribution in [1.29, 1.82) is 0 Å². The van der Waals surface area contributed by atoms with Gasteiger partial charge in [0.05, 0.1) is 38.1 Å². The van der Waals surface area contributed by atoms with Gasteiger partial charge >= 0.3 is 11.9 Å². The van der Waals surface area contributed by atoms with Crippen molar-refractivity contribution in [2.24, 2.45) is 11.0 Å². The van der Waals surface area contributed by atoms with Gasteiger partial charge in [-0.15, -0.1) is 4.59 Å². The van der Waals surface area contributed by atoms with Crippen LogP contribution >= 0.6 is 0 Å². The quantitative estimate of drug-likeness (QED) is 0.105. The topological polar surface area (TPSA) is 164 Å². The molecule has 1 aromatic heterocycles. The third kappa shape index (κ3) is 9.72. The number of aliphatic carboxylic acids is 2. The number of aryl methyl sites for hydroxylation is 1. The molecular weight excluding hydrogens is 688 g/mol. The summed E-state index contributed by atoms with van der Waals surface area (Å²) in [5.74, 6) is -0.106. The van der Waals surface area contributed by atoms with Gasteiger partial charge in [-0.05, 0) is 93.3 Å². The highest BCUT2D eigenvalue weighted by molar-refractivity contribution is 6.19. The smallest absolute Gasteiger partial charge is 0.343 e. The lowest BCUT2D eigenvalue weighted by molar-refractivity contribution is -0.137. The van der Waals surface area contributed by atoms with Crippen molar-refractivity contribution >= 4 is 34.9 Å². The molecule has 3 aromatic carbocycles. The van der Waals surface area contributed by atoms with Crippen molar-refractivity contribution in [3.63, 3.8) is 0 Å². The second kappa shape index (κ2) is 17.7. The van der Waals surface area contributed by atoms with Gasteiger partial charge in [0, 0.05) is 41.7 Å². The summed E-state index contributed by atoms with van der Waals surface area (Å²) in [4.78, 5) is 34.0. The molecule has 0 saturated heterocycles. The van der Waals surface area contributed by atoms with Crippen molar-refractivity contribution in [3.8, 4) is 17.2 Å². The Morgan fingerprint density at radius 2 is 1.50 bits per heavy atom. The van der Waals surface area contributed by atoms with Gasteiger partial charge in [0.1, 0.15) is 36.0 Å². The van der Waals surface area contributed by atoms with E-state index in [4.69, 9.17) is 24.8 Å². The van der Waals surface area contributed by atoms with Gasteiger partial charge in [-0.3, -0.25) is 9.59 Å². The Kier molecular flexibility index (Phi) is 12.9. The number of carbonyl (C=O) groups excluding carboxylic acids is 1. The summed E-state index contributed by atoms with van der Waals surface area (Å²) >= 11 is 0. The second-order valence-corrected chi connectivity index (χ2v) is 13.6. The predicted molar refractivity (Wildman–Crippen MR) is 208 cm³/mol. The van der Waals surface area contributed by atoms with Crippen LogP contribution in [0.2, 0.25) is 0 Å². The van der Waals surface area contributed by atoms with Crippen molar-refractivity contribution in [2.75, 3.05) is 33.1 Å². The van der Waals surface area contributed by atoms with Crippen LogP contribution in [0.4, 0.5) is 11.4 Å². The van der Waals surface area contributed by atoms with E-state index in [1.807, 2.05) is 72.4 Å². The fraction of sp³-hybridized carbons (Fsp3) is 0.341. The third-order valence-electron chi connectivity index (χ3n) is 9.78. The summed E-state index contributed by atoms with van der Waals surface area (Å²) in [6.45, 7) is 3.86. The maximum Gasteiger partial charge on any atom is 0.343 e.